The second-order valence-corrected chi connectivity index (χ2v) is 7.56. The zero-order valence-electron chi connectivity index (χ0n) is 16.8. The number of hydrogen-bond acceptors (Lipinski definition) is 8. The predicted octanol–water partition coefficient (Wildman–Crippen LogP) is 4.61. The maximum atomic E-state index is 12.5. The van der Waals surface area contributed by atoms with Crippen LogP contribution in [-0.2, 0) is 4.79 Å². The molecule has 0 spiro atoms. The predicted molar refractivity (Wildman–Crippen MR) is 123 cm³/mol. The van der Waals surface area contributed by atoms with Crippen LogP contribution in [0.1, 0.15) is 16.1 Å². The third-order valence-electron chi connectivity index (χ3n) is 4.33. The lowest BCUT2D eigenvalue weighted by Gasteiger charge is -2.04. The van der Waals surface area contributed by atoms with Gasteiger partial charge in [0.05, 0.1) is 11.2 Å². The monoisotopic (exact) mass is 461 g/mol. The van der Waals surface area contributed by atoms with Crippen molar-refractivity contribution in [2.24, 2.45) is 0 Å². The molecule has 0 unspecified atom stereocenters. The van der Waals surface area contributed by atoms with Crippen molar-refractivity contribution in [2.75, 3.05) is 10.6 Å². The number of nitro benzene ring substituents is 1. The minimum Gasteiger partial charge on any atom is -0.465 e. The molecule has 0 aliphatic rings. The van der Waals surface area contributed by atoms with Crippen LogP contribution in [0, 0.1) is 10.1 Å². The highest BCUT2D eigenvalue weighted by Gasteiger charge is 2.13. The van der Waals surface area contributed by atoms with Crippen molar-refractivity contribution in [1.82, 2.24) is 10.2 Å². The Morgan fingerprint density at radius 3 is 2.42 bits per heavy atom. The maximum absolute atomic E-state index is 12.5. The average molecular weight is 461 g/mol. The Kier molecular flexibility index (Phi) is 6.32. The van der Waals surface area contributed by atoms with Gasteiger partial charge in [-0.15, -0.1) is 10.2 Å². The second kappa shape index (κ2) is 9.66. The van der Waals surface area contributed by atoms with E-state index in [1.54, 1.807) is 54.6 Å². The number of furan rings is 1. The molecular formula is C22H15N5O5S. The third kappa shape index (κ3) is 5.54. The summed E-state index contributed by atoms with van der Waals surface area (Å²) in [6, 6.07) is 15.7. The van der Waals surface area contributed by atoms with Crippen LogP contribution in [-0.4, -0.2) is 26.9 Å². The van der Waals surface area contributed by atoms with Crippen LogP contribution in [0.2, 0.25) is 0 Å². The average Bonchev–Trinajstić information content (AvgIpc) is 3.50. The molecule has 2 heterocycles. The summed E-state index contributed by atoms with van der Waals surface area (Å²) in [7, 11) is 0. The van der Waals surface area contributed by atoms with Gasteiger partial charge >= 0.3 is 0 Å². The number of carbonyl (C=O) groups excluding carboxylic acids is 2. The topological polar surface area (TPSA) is 140 Å². The molecule has 164 valence electrons. The molecule has 0 atom stereocenters. The maximum Gasteiger partial charge on any atom is 0.269 e. The van der Waals surface area contributed by atoms with Crippen LogP contribution < -0.4 is 10.6 Å². The summed E-state index contributed by atoms with van der Waals surface area (Å²) in [5.41, 5.74) is 1.52. The molecule has 2 amide bonds. The number of aromatic nitrogens is 2. The van der Waals surface area contributed by atoms with Gasteiger partial charge in [-0.1, -0.05) is 11.3 Å². The van der Waals surface area contributed by atoms with Crippen molar-refractivity contribution in [3.8, 4) is 10.6 Å². The van der Waals surface area contributed by atoms with Crippen LogP contribution in [0.5, 0.6) is 0 Å². The van der Waals surface area contributed by atoms with E-state index in [0.717, 1.165) is 11.3 Å². The van der Waals surface area contributed by atoms with Gasteiger partial charge in [0.1, 0.15) is 10.8 Å². The third-order valence-corrected chi connectivity index (χ3v) is 5.22. The van der Waals surface area contributed by atoms with E-state index < -0.39 is 10.8 Å². The SMILES string of the molecule is O=C(/C=C/c1ccco1)Nc1ccc(C(=O)Nc2nnc(-c3ccc([N+](=O)[O-])cc3)s2)cc1. The molecule has 4 rings (SSSR count). The van der Waals surface area contributed by atoms with Crippen molar-refractivity contribution in [3.63, 3.8) is 0 Å². The summed E-state index contributed by atoms with van der Waals surface area (Å²) < 4.78 is 5.12. The lowest BCUT2D eigenvalue weighted by Crippen LogP contribution is -2.12. The minimum absolute atomic E-state index is 0.0232. The zero-order valence-corrected chi connectivity index (χ0v) is 17.6. The molecule has 4 aromatic rings. The van der Waals surface area contributed by atoms with E-state index in [1.165, 1.54) is 24.5 Å². The molecular weight excluding hydrogens is 446 g/mol. The summed E-state index contributed by atoms with van der Waals surface area (Å²) in [6.45, 7) is 0. The van der Waals surface area contributed by atoms with Crippen molar-refractivity contribution in [2.45, 2.75) is 0 Å². The first-order chi connectivity index (χ1) is 16.0. The normalized spacial score (nSPS) is 10.8. The van der Waals surface area contributed by atoms with Gasteiger partial charge in [0.25, 0.3) is 11.6 Å². The van der Waals surface area contributed by atoms with E-state index >= 15 is 0 Å². The van der Waals surface area contributed by atoms with E-state index in [-0.39, 0.29) is 16.7 Å². The number of non-ortho nitro benzene ring substituents is 1. The number of nitrogens with zero attached hydrogens (tertiary/aromatic N) is 3. The Labute approximate surface area is 190 Å². The molecule has 10 nitrogen and oxygen atoms in total. The molecule has 0 fully saturated rings. The summed E-state index contributed by atoms with van der Waals surface area (Å²) in [4.78, 5) is 34.7. The summed E-state index contributed by atoms with van der Waals surface area (Å²) in [5.74, 6) is -0.168. The van der Waals surface area contributed by atoms with Crippen LogP contribution in [0.25, 0.3) is 16.6 Å². The molecule has 0 bridgehead atoms. The Balaban J connectivity index is 1.35. The van der Waals surface area contributed by atoms with E-state index in [9.17, 15) is 19.7 Å². The molecule has 0 saturated carbocycles. The van der Waals surface area contributed by atoms with E-state index in [0.29, 0.717) is 27.6 Å². The quantitative estimate of drug-likeness (QED) is 0.233. The standard InChI is InChI=1S/C22H15N5O5S/c28-19(12-11-18-2-1-13-32-18)23-16-7-3-14(4-8-16)20(29)24-22-26-25-21(33-22)15-5-9-17(10-6-15)27(30)31/h1-13H,(H,23,28)(H,24,26,29)/b12-11+. The highest BCUT2D eigenvalue weighted by atomic mass is 32.1. The van der Waals surface area contributed by atoms with Gasteiger partial charge in [0.2, 0.25) is 11.0 Å². The highest BCUT2D eigenvalue weighted by Crippen LogP contribution is 2.28. The molecule has 33 heavy (non-hydrogen) atoms. The number of carbonyl (C=O) groups is 2. The summed E-state index contributed by atoms with van der Waals surface area (Å²) in [5, 5.41) is 24.9. The molecule has 0 saturated heterocycles. The van der Waals surface area contributed by atoms with Gasteiger partial charge in [0, 0.05) is 35.0 Å². The largest absolute Gasteiger partial charge is 0.465 e. The smallest absolute Gasteiger partial charge is 0.269 e. The van der Waals surface area contributed by atoms with Crippen molar-refractivity contribution in [3.05, 3.63) is 94.4 Å². The Morgan fingerprint density at radius 1 is 1.00 bits per heavy atom. The van der Waals surface area contributed by atoms with Gasteiger partial charge in [-0.05, 0) is 54.6 Å². The molecule has 11 heteroatoms. The van der Waals surface area contributed by atoms with Crippen molar-refractivity contribution in [1.29, 1.82) is 0 Å². The number of nitrogens with one attached hydrogen (secondary N) is 2. The number of amides is 2. The molecule has 2 aromatic heterocycles. The van der Waals surface area contributed by atoms with Crippen molar-refractivity contribution >= 4 is 45.7 Å². The Morgan fingerprint density at radius 2 is 1.76 bits per heavy atom. The number of hydrogen-bond donors (Lipinski definition) is 2. The molecule has 0 aliphatic heterocycles. The van der Waals surface area contributed by atoms with Crippen molar-refractivity contribution < 1.29 is 18.9 Å². The second-order valence-electron chi connectivity index (χ2n) is 6.59. The van der Waals surface area contributed by atoms with E-state index in [2.05, 4.69) is 20.8 Å². The van der Waals surface area contributed by atoms with Gasteiger partial charge < -0.3 is 9.73 Å². The fourth-order valence-corrected chi connectivity index (χ4v) is 3.46. The van der Waals surface area contributed by atoms with Crippen LogP contribution in [0.3, 0.4) is 0 Å². The Bertz CT molecular complexity index is 1310. The van der Waals surface area contributed by atoms with E-state index in [1.807, 2.05) is 0 Å². The lowest BCUT2D eigenvalue weighted by molar-refractivity contribution is -0.384. The molecule has 0 radical (unpaired) electrons. The summed E-state index contributed by atoms with van der Waals surface area (Å²) >= 11 is 1.14. The number of anilines is 2. The van der Waals surface area contributed by atoms with E-state index in [4.69, 9.17) is 4.42 Å². The van der Waals surface area contributed by atoms with Gasteiger partial charge in [-0.2, -0.15) is 0 Å². The number of rotatable bonds is 7. The molecule has 2 aromatic carbocycles. The molecule has 0 aliphatic carbocycles. The van der Waals surface area contributed by atoms with Crippen LogP contribution in [0.4, 0.5) is 16.5 Å². The number of nitro groups is 1. The first-order valence-electron chi connectivity index (χ1n) is 9.50. The fourth-order valence-electron chi connectivity index (χ4n) is 2.72. The number of benzene rings is 2. The van der Waals surface area contributed by atoms with Gasteiger partial charge in [-0.25, -0.2) is 0 Å². The van der Waals surface area contributed by atoms with Gasteiger partial charge in [-0.3, -0.25) is 25.0 Å². The summed E-state index contributed by atoms with van der Waals surface area (Å²) in [6.07, 6.45) is 4.40. The van der Waals surface area contributed by atoms with Crippen LogP contribution >= 0.6 is 11.3 Å². The minimum atomic E-state index is -0.482. The molecule has 2 N–H and O–H groups in total. The Hall–Kier alpha value is -4.64. The van der Waals surface area contributed by atoms with Gasteiger partial charge in [0.15, 0.2) is 0 Å². The highest BCUT2D eigenvalue weighted by molar-refractivity contribution is 7.18. The lowest BCUT2D eigenvalue weighted by atomic mass is 10.2. The van der Waals surface area contributed by atoms with Crippen LogP contribution in [0.15, 0.2) is 77.4 Å². The zero-order chi connectivity index (χ0) is 23.2. The fraction of sp³-hybridized carbons (Fsp3) is 0. The first-order valence-corrected chi connectivity index (χ1v) is 10.3. The first kappa shape index (κ1) is 21.6.